The smallest absolute Gasteiger partial charge is 0.127 e. The van der Waals surface area contributed by atoms with Crippen LogP contribution in [0.4, 0.5) is 0 Å². The highest BCUT2D eigenvalue weighted by Crippen LogP contribution is 2.37. The molecule has 1 aromatic rings. The highest BCUT2D eigenvalue weighted by molar-refractivity contribution is 5.45. The maximum Gasteiger partial charge on any atom is 0.127 e. The summed E-state index contributed by atoms with van der Waals surface area (Å²) in [7, 11) is 0. The zero-order valence-corrected chi connectivity index (χ0v) is 13.1. The monoisotopic (exact) mass is 277 g/mol. The fourth-order valence-electron chi connectivity index (χ4n) is 2.86. The number of benzene rings is 1. The quantitative estimate of drug-likeness (QED) is 0.840. The van der Waals surface area contributed by atoms with Crippen LogP contribution in [0.25, 0.3) is 0 Å². The molecule has 3 nitrogen and oxygen atoms in total. The summed E-state index contributed by atoms with van der Waals surface area (Å²) in [4.78, 5) is 0. The van der Waals surface area contributed by atoms with Gasteiger partial charge < -0.3 is 15.2 Å². The van der Waals surface area contributed by atoms with Crippen LogP contribution < -0.4 is 10.1 Å². The second-order valence-electron chi connectivity index (χ2n) is 6.83. The standard InChI is InChI=1S/C17H27NO2/c1-12(2)8-15(11-19)18-10-14-7-5-6-13-9-17(3,4)20-16(13)14/h5-7,12,15,18-19H,8-11H2,1-4H3. The first-order chi connectivity index (χ1) is 9.41. The van der Waals surface area contributed by atoms with Gasteiger partial charge in [0.05, 0.1) is 6.61 Å². The summed E-state index contributed by atoms with van der Waals surface area (Å²) >= 11 is 0. The number of hydrogen-bond donors (Lipinski definition) is 2. The molecule has 0 amide bonds. The molecule has 0 spiro atoms. The molecule has 1 aromatic carbocycles. The number of aliphatic hydroxyl groups excluding tert-OH is 1. The molecule has 1 atom stereocenters. The van der Waals surface area contributed by atoms with Crippen LogP contribution >= 0.6 is 0 Å². The molecule has 2 rings (SSSR count). The van der Waals surface area contributed by atoms with Crippen molar-refractivity contribution in [3.63, 3.8) is 0 Å². The summed E-state index contributed by atoms with van der Waals surface area (Å²) in [5.41, 5.74) is 2.38. The van der Waals surface area contributed by atoms with Crippen LogP contribution in [0.5, 0.6) is 5.75 Å². The molecule has 0 bridgehead atoms. The predicted octanol–water partition coefficient (Wildman–Crippen LogP) is 2.90. The van der Waals surface area contributed by atoms with E-state index in [-0.39, 0.29) is 18.2 Å². The van der Waals surface area contributed by atoms with Gasteiger partial charge in [0, 0.05) is 24.6 Å². The van der Waals surface area contributed by atoms with Gasteiger partial charge in [0.1, 0.15) is 11.4 Å². The minimum Gasteiger partial charge on any atom is -0.487 e. The van der Waals surface area contributed by atoms with Gasteiger partial charge in [0.25, 0.3) is 0 Å². The molecule has 1 aliphatic rings. The first-order valence-electron chi connectivity index (χ1n) is 7.55. The lowest BCUT2D eigenvalue weighted by molar-refractivity contribution is 0.136. The van der Waals surface area contributed by atoms with E-state index in [1.54, 1.807) is 0 Å². The summed E-state index contributed by atoms with van der Waals surface area (Å²) < 4.78 is 6.07. The van der Waals surface area contributed by atoms with E-state index in [4.69, 9.17) is 4.74 Å². The van der Waals surface area contributed by atoms with Gasteiger partial charge >= 0.3 is 0 Å². The second-order valence-corrected chi connectivity index (χ2v) is 6.83. The summed E-state index contributed by atoms with van der Waals surface area (Å²) in [5, 5.41) is 12.9. The fraction of sp³-hybridized carbons (Fsp3) is 0.647. The molecule has 0 saturated heterocycles. The van der Waals surface area contributed by atoms with Gasteiger partial charge in [0.15, 0.2) is 0 Å². The highest BCUT2D eigenvalue weighted by Gasteiger charge is 2.31. The lowest BCUT2D eigenvalue weighted by atomic mass is 10.00. The maximum atomic E-state index is 9.44. The number of aliphatic hydroxyl groups is 1. The van der Waals surface area contributed by atoms with Gasteiger partial charge in [-0.15, -0.1) is 0 Å². The van der Waals surface area contributed by atoms with Crippen molar-refractivity contribution in [2.75, 3.05) is 6.61 Å². The van der Waals surface area contributed by atoms with Gasteiger partial charge in [-0.3, -0.25) is 0 Å². The lowest BCUT2D eigenvalue weighted by Crippen LogP contribution is -2.33. The Morgan fingerprint density at radius 1 is 1.35 bits per heavy atom. The summed E-state index contributed by atoms with van der Waals surface area (Å²) in [6.45, 7) is 9.53. The number of hydrogen-bond acceptors (Lipinski definition) is 3. The Morgan fingerprint density at radius 2 is 2.10 bits per heavy atom. The molecule has 1 aliphatic heterocycles. The van der Waals surface area contributed by atoms with Crippen LogP contribution in [0.1, 0.15) is 45.2 Å². The molecular formula is C17H27NO2. The molecule has 0 fully saturated rings. The van der Waals surface area contributed by atoms with E-state index in [9.17, 15) is 5.11 Å². The minimum atomic E-state index is -0.104. The van der Waals surface area contributed by atoms with E-state index < -0.39 is 0 Å². The number of para-hydroxylation sites is 1. The van der Waals surface area contributed by atoms with Crippen LogP contribution in [0.15, 0.2) is 18.2 Å². The normalized spacial score (nSPS) is 17.9. The van der Waals surface area contributed by atoms with Gasteiger partial charge in [-0.2, -0.15) is 0 Å². The molecule has 0 aliphatic carbocycles. The van der Waals surface area contributed by atoms with Crippen molar-refractivity contribution in [2.24, 2.45) is 5.92 Å². The number of nitrogens with one attached hydrogen (secondary N) is 1. The summed E-state index contributed by atoms with van der Waals surface area (Å²) in [6, 6.07) is 6.50. The first kappa shape index (κ1) is 15.3. The first-order valence-corrected chi connectivity index (χ1v) is 7.55. The third kappa shape index (κ3) is 3.74. The Morgan fingerprint density at radius 3 is 2.75 bits per heavy atom. The maximum absolute atomic E-state index is 9.44. The lowest BCUT2D eigenvalue weighted by Gasteiger charge is -2.21. The Kier molecular flexibility index (Phi) is 4.71. The molecule has 0 radical (unpaired) electrons. The topological polar surface area (TPSA) is 41.5 Å². The number of fused-ring (bicyclic) bond motifs is 1. The van der Waals surface area contributed by atoms with E-state index in [1.165, 1.54) is 11.1 Å². The van der Waals surface area contributed by atoms with Gasteiger partial charge in [0.2, 0.25) is 0 Å². The minimum absolute atomic E-state index is 0.104. The third-order valence-corrected chi connectivity index (χ3v) is 3.73. The molecule has 0 aromatic heterocycles. The van der Waals surface area contributed by atoms with Gasteiger partial charge in [-0.25, -0.2) is 0 Å². The van der Waals surface area contributed by atoms with Crippen molar-refractivity contribution in [1.82, 2.24) is 5.32 Å². The Hall–Kier alpha value is -1.06. The van der Waals surface area contributed by atoms with Gasteiger partial charge in [-0.05, 0) is 31.7 Å². The third-order valence-electron chi connectivity index (χ3n) is 3.73. The molecule has 2 N–H and O–H groups in total. The molecule has 0 saturated carbocycles. The zero-order valence-electron chi connectivity index (χ0n) is 13.1. The van der Waals surface area contributed by atoms with Crippen LogP contribution in [0, 0.1) is 5.92 Å². The van der Waals surface area contributed by atoms with Crippen molar-refractivity contribution in [2.45, 2.75) is 58.7 Å². The van der Waals surface area contributed by atoms with Crippen molar-refractivity contribution in [3.05, 3.63) is 29.3 Å². The van der Waals surface area contributed by atoms with Crippen molar-refractivity contribution in [1.29, 1.82) is 0 Å². The predicted molar refractivity (Wildman–Crippen MR) is 82.0 cm³/mol. The molecule has 112 valence electrons. The SMILES string of the molecule is CC(C)CC(CO)NCc1cccc2c1OC(C)(C)C2. The Balaban J connectivity index is 2.03. The summed E-state index contributed by atoms with van der Waals surface area (Å²) in [5.74, 6) is 1.61. The van der Waals surface area contributed by atoms with Crippen LogP contribution in [0.3, 0.4) is 0 Å². The van der Waals surface area contributed by atoms with E-state index >= 15 is 0 Å². The molecule has 3 heteroatoms. The summed E-state index contributed by atoms with van der Waals surface area (Å²) in [6.07, 6.45) is 1.95. The number of rotatable bonds is 6. The van der Waals surface area contributed by atoms with E-state index in [0.717, 1.165) is 25.1 Å². The fourth-order valence-corrected chi connectivity index (χ4v) is 2.86. The van der Waals surface area contributed by atoms with Crippen LogP contribution in [0.2, 0.25) is 0 Å². The van der Waals surface area contributed by atoms with Crippen molar-refractivity contribution < 1.29 is 9.84 Å². The highest BCUT2D eigenvalue weighted by atomic mass is 16.5. The largest absolute Gasteiger partial charge is 0.487 e. The van der Waals surface area contributed by atoms with Crippen molar-refractivity contribution >= 4 is 0 Å². The zero-order chi connectivity index (χ0) is 14.8. The molecular weight excluding hydrogens is 250 g/mol. The average Bonchev–Trinajstić information content (AvgIpc) is 2.68. The average molecular weight is 277 g/mol. The van der Waals surface area contributed by atoms with E-state index in [1.807, 2.05) is 0 Å². The molecule has 1 heterocycles. The van der Waals surface area contributed by atoms with Gasteiger partial charge in [-0.1, -0.05) is 32.0 Å². The van der Waals surface area contributed by atoms with Crippen molar-refractivity contribution in [3.8, 4) is 5.75 Å². The van der Waals surface area contributed by atoms with Crippen LogP contribution in [-0.4, -0.2) is 23.4 Å². The molecule has 1 unspecified atom stereocenters. The van der Waals surface area contributed by atoms with E-state index in [0.29, 0.717) is 5.92 Å². The Bertz CT molecular complexity index is 454. The molecule has 20 heavy (non-hydrogen) atoms. The Labute approximate surface area is 122 Å². The van der Waals surface area contributed by atoms with Crippen LogP contribution in [-0.2, 0) is 13.0 Å². The number of ether oxygens (including phenoxy) is 1. The second kappa shape index (κ2) is 6.15. The van der Waals surface area contributed by atoms with E-state index in [2.05, 4.69) is 51.2 Å².